The van der Waals surface area contributed by atoms with Crippen molar-refractivity contribution in [2.75, 3.05) is 39.3 Å². The molecule has 118 valence electrons. The molecule has 1 aromatic carbocycles. The number of nitrogens with one attached hydrogen (secondary N) is 1. The van der Waals surface area contributed by atoms with Crippen LogP contribution in [-0.4, -0.2) is 44.2 Å². The van der Waals surface area contributed by atoms with E-state index >= 15 is 0 Å². The zero-order valence-electron chi connectivity index (χ0n) is 13.0. The van der Waals surface area contributed by atoms with Gasteiger partial charge < -0.3 is 10.1 Å². The predicted molar refractivity (Wildman–Crippen MR) is 92.0 cm³/mol. The van der Waals surface area contributed by atoms with Gasteiger partial charge in [-0.25, -0.2) is 0 Å². The van der Waals surface area contributed by atoms with Crippen LogP contribution in [0.1, 0.15) is 26.2 Å². The minimum Gasteiger partial charge on any atom is -0.492 e. The Balaban J connectivity index is 1.73. The first-order valence-electron chi connectivity index (χ1n) is 8.09. The van der Waals surface area contributed by atoms with Crippen molar-refractivity contribution in [2.45, 2.75) is 26.2 Å². The Bertz CT molecular complexity index is 408. The third-order valence-corrected chi connectivity index (χ3v) is 4.48. The van der Waals surface area contributed by atoms with E-state index in [1.807, 2.05) is 24.3 Å². The first kappa shape index (κ1) is 16.8. The molecule has 1 aliphatic heterocycles. The highest BCUT2D eigenvalue weighted by atomic mass is 79.9. The summed E-state index contributed by atoms with van der Waals surface area (Å²) in [5.74, 6) is 1.80. The second-order valence-electron chi connectivity index (χ2n) is 5.80. The van der Waals surface area contributed by atoms with Crippen LogP contribution < -0.4 is 10.1 Å². The van der Waals surface area contributed by atoms with E-state index in [1.165, 1.54) is 45.4 Å². The van der Waals surface area contributed by atoms with Gasteiger partial charge >= 0.3 is 0 Å². The van der Waals surface area contributed by atoms with Crippen molar-refractivity contribution < 1.29 is 4.74 Å². The first-order chi connectivity index (χ1) is 10.3. The van der Waals surface area contributed by atoms with E-state index in [2.05, 4.69) is 33.1 Å². The summed E-state index contributed by atoms with van der Waals surface area (Å²) in [6, 6.07) is 8.07. The molecule has 3 nitrogen and oxygen atoms in total. The molecule has 0 atom stereocenters. The molecule has 0 radical (unpaired) electrons. The van der Waals surface area contributed by atoms with Crippen molar-refractivity contribution in [1.82, 2.24) is 10.2 Å². The lowest BCUT2D eigenvalue weighted by Crippen LogP contribution is -2.38. The Kier molecular flexibility index (Phi) is 7.54. The van der Waals surface area contributed by atoms with Crippen LogP contribution in [0.5, 0.6) is 5.75 Å². The minimum atomic E-state index is 0.765. The van der Waals surface area contributed by atoms with Gasteiger partial charge in [0.2, 0.25) is 0 Å². The molecule has 1 aromatic rings. The van der Waals surface area contributed by atoms with Gasteiger partial charge in [-0.3, -0.25) is 4.90 Å². The van der Waals surface area contributed by atoms with Crippen LogP contribution in [0.3, 0.4) is 0 Å². The topological polar surface area (TPSA) is 24.5 Å². The van der Waals surface area contributed by atoms with Crippen LogP contribution in [0.25, 0.3) is 0 Å². The highest BCUT2D eigenvalue weighted by Gasteiger charge is 2.16. The molecular weight excluding hydrogens is 328 g/mol. The molecule has 1 aliphatic rings. The number of nitrogens with zero attached hydrogens (tertiary/aromatic N) is 1. The summed E-state index contributed by atoms with van der Waals surface area (Å²) in [7, 11) is 0. The van der Waals surface area contributed by atoms with Gasteiger partial charge in [-0.05, 0) is 63.0 Å². The quantitative estimate of drug-likeness (QED) is 0.772. The Hall–Kier alpha value is -0.580. The zero-order valence-corrected chi connectivity index (χ0v) is 14.6. The predicted octanol–water partition coefficient (Wildman–Crippen LogP) is 3.54. The van der Waals surface area contributed by atoms with Crippen molar-refractivity contribution in [3.05, 3.63) is 28.7 Å². The largest absolute Gasteiger partial charge is 0.492 e. The fraction of sp³-hybridized carbons (Fsp3) is 0.647. The fourth-order valence-electron chi connectivity index (χ4n) is 2.89. The van der Waals surface area contributed by atoms with E-state index in [1.54, 1.807) is 0 Å². The molecule has 0 spiro atoms. The number of piperidine rings is 1. The van der Waals surface area contributed by atoms with Crippen LogP contribution in [0.4, 0.5) is 0 Å². The maximum Gasteiger partial charge on any atom is 0.120 e. The summed E-state index contributed by atoms with van der Waals surface area (Å²) in [6.07, 6.45) is 3.83. The zero-order chi connectivity index (χ0) is 14.9. The van der Waals surface area contributed by atoms with E-state index in [0.29, 0.717) is 0 Å². The van der Waals surface area contributed by atoms with Crippen molar-refractivity contribution in [3.63, 3.8) is 0 Å². The van der Waals surface area contributed by atoms with Gasteiger partial charge in [0.15, 0.2) is 0 Å². The van der Waals surface area contributed by atoms with Gasteiger partial charge in [0.1, 0.15) is 12.4 Å². The Morgan fingerprint density at radius 3 is 2.81 bits per heavy atom. The molecule has 0 aliphatic carbocycles. The van der Waals surface area contributed by atoms with Crippen molar-refractivity contribution in [1.29, 1.82) is 0 Å². The molecule has 0 aromatic heterocycles. The molecule has 21 heavy (non-hydrogen) atoms. The molecule has 1 fully saturated rings. The van der Waals surface area contributed by atoms with E-state index in [0.717, 1.165) is 29.3 Å². The monoisotopic (exact) mass is 354 g/mol. The minimum absolute atomic E-state index is 0.765. The Morgan fingerprint density at radius 1 is 1.29 bits per heavy atom. The van der Waals surface area contributed by atoms with Crippen LogP contribution in [0, 0.1) is 5.92 Å². The van der Waals surface area contributed by atoms with Crippen LogP contribution in [0.15, 0.2) is 28.7 Å². The van der Waals surface area contributed by atoms with E-state index in [-0.39, 0.29) is 0 Å². The third kappa shape index (κ3) is 6.37. The number of hydrogen-bond donors (Lipinski definition) is 1. The first-order valence-corrected chi connectivity index (χ1v) is 8.88. The van der Waals surface area contributed by atoms with Gasteiger partial charge in [-0.2, -0.15) is 0 Å². The molecule has 1 N–H and O–H groups in total. The highest BCUT2D eigenvalue weighted by molar-refractivity contribution is 9.10. The van der Waals surface area contributed by atoms with Gasteiger partial charge in [0, 0.05) is 17.6 Å². The number of halogens is 1. The maximum atomic E-state index is 5.87. The summed E-state index contributed by atoms with van der Waals surface area (Å²) >= 11 is 3.48. The lowest BCUT2D eigenvalue weighted by molar-refractivity contribution is 0.171. The smallest absolute Gasteiger partial charge is 0.120 e. The Morgan fingerprint density at radius 2 is 2.10 bits per heavy atom. The lowest BCUT2D eigenvalue weighted by atomic mass is 9.97. The van der Waals surface area contributed by atoms with Crippen molar-refractivity contribution in [3.8, 4) is 5.75 Å². The summed E-state index contributed by atoms with van der Waals surface area (Å²) in [5.41, 5.74) is 0. The second kappa shape index (κ2) is 9.44. The third-order valence-electron chi connectivity index (χ3n) is 3.99. The van der Waals surface area contributed by atoms with E-state index < -0.39 is 0 Å². The molecule has 4 heteroatoms. The molecule has 1 saturated heterocycles. The molecule has 0 bridgehead atoms. The van der Waals surface area contributed by atoms with Crippen LogP contribution >= 0.6 is 15.9 Å². The molecule has 0 unspecified atom stereocenters. The normalized spacial score (nSPS) is 16.3. The highest BCUT2D eigenvalue weighted by Crippen LogP contribution is 2.18. The standard InChI is InChI=1S/C17H27BrN2O/c1-2-10-20(14-15-6-8-19-9-7-15)11-12-21-17-5-3-4-16(18)13-17/h3-5,13,15,19H,2,6-12,14H2,1H3. The van der Waals surface area contributed by atoms with Crippen molar-refractivity contribution >= 4 is 15.9 Å². The number of ether oxygens (including phenoxy) is 1. The fourth-order valence-corrected chi connectivity index (χ4v) is 3.27. The van der Waals surface area contributed by atoms with Gasteiger partial charge in [0.05, 0.1) is 0 Å². The number of rotatable bonds is 8. The lowest BCUT2D eigenvalue weighted by Gasteiger charge is -2.29. The maximum absolute atomic E-state index is 5.87. The molecule has 1 heterocycles. The SMILES string of the molecule is CCCN(CCOc1cccc(Br)c1)CC1CCNCC1. The van der Waals surface area contributed by atoms with Gasteiger partial charge in [-0.1, -0.05) is 28.9 Å². The van der Waals surface area contributed by atoms with Gasteiger partial charge in [0.25, 0.3) is 0 Å². The summed E-state index contributed by atoms with van der Waals surface area (Å²) in [5, 5.41) is 3.44. The second-order valence-corrected chi connectivity index (χ2v) is 6.72. The molecule has 2 rings (SSSR count). The Labute approximate surface area is 137 Å². The van der Waals surface area contributed by atoms with E-state index in [9.17, 15) is 0 Å². The summed E-state index contributed by atoms with van der Waals surface area (Å²) in [6.45, 7) is 8.79. The van der Waals surface area contributed by atoms with Crippen molar-refractivity contribution in [2.24, 2.45) is 5.92 Å². The molecule has 0 saturated carbocycles. The summed E-state index contributed by atoms with van der Waals surface area (Å²) in [4.78, 5) is 2.56. The molecule has 0 amide bonds. The average molecular weight is 355 g/mol. The number of hydrogen-bond acceptors (Lipinski definition) is 3. The molecular formula is C17H27BrN2O. The summed E-state index contributed by atoms with van der Waals surface area (Å²) < 4.78 is 6.94. The number of benzene rings is 1. The van der Waals surface area contributed by atoms with Gasteiger partial charge in [-0.15, -0.1) is 0 Å². The van der Waals surface area contributed by atoms with Crippen LogP contribution in [-0.2, 0) is 0 Å². The average Bonchev–Trinajstić information content (AvgIpc) is 2.48. The van der Waals surface area contributed by atoms with Crippen LogP contribution in [0.2, 0.25) is 0 Å². The van der Waals surface area contributed by atoms with E-state index in [4.69, 9.17) is 4.74 Å².